The summed E-state index contributed by atoms with van der Waals surface area (Å²) >= 11 is 0. The largest absolute Gasteiger partial charge is 0.387 e. The third-order valence-corrected chi connectivity index (χ3v) is 3.22. The zero-order valence-electron chi connectivity index (χ0n) is 10.2. The Morgan fingerprint density at radius 3 is 2.82 bits per heavy atom. The summed E-state index contributed by atoms with van der Waals surface area (Å²) in [6, 6.07) is 5.39. The third-order valence-electron chi connectivity index (χ3n) is 3.22. The van der Waals surface area contributed by atoms with Gasteiger partial charge < -0.3 is 15.7 Å². The van der Waals surface area contributed by atoms with Gasteiger partial charge in [-0.1, -0.05) is 12.1 Å². The van der Waals surface area contributed by atoms with E-state index in [1.807, 2.05) is 18.2 Å². The summed E-state index contributed by atoms with van der Waals surface area (Å²) in [6.07, 6.45) is 0.195. The van der Waals surface area contributed by atoms with Crippen LogP contribution in [-0.4, -0.2) is 23.6 Å². The van der Waals surface area contributed by atoms with Crippen molar-refractivity contribution in [1.82, 2.24) is 0 Å². The zero-order valence-corrected chi connectivity index (χ0v) is 10.2. The summed E-state index contributed by atoms with van der Waals surface area (Å²) < 4.78 is 0. The Kier molecular flexibility index (Phi) is 3.17. The van der Waals surface area contributed by atoms with Crippen LogP contribution in [0.3, 0.4) is 0 Å². The maximum Gasteiger partial charge on any atom is 0.223 e. The minimum absolute atomic E-state index is 0.0595. The van der Waals surface area contributed by atoms with Crippen molar-refractivity contribution in [2.75, 3.05) is 11.4 Å². The number of rotatable bonds is 2. The predicted octanol–water partition coefficient (Wildman–Crippen LogP) is 0.976. The Balaban J connectivity index is 2.31. The molecule has 0 spiro atoms. The first kappa shape index (κ1) is 12.1. The van der Waals surface area contributed by atoms with Crippen molar-refractivity contribution in [2.24, 2.45) is 5.73 Å². The van der Waals surface area contributed by atoms with Gasteiger partial charge in [-0.2, -0.15) is 0 Å². The standard InChI is InChI=1S/C13H18N2O2/c1-8(14)13(17)11-3-4-12-10(7-11)5-6-15(12)9(2)16/h3-4,7-8,13,17H,5-6,14H2,1-2H3. The molecule has 1 aliphatic rings. The Labute approximate surface area is 101 Å². The van der Waals surface area contributed by atoms with E-state index in [1.165, 1.54) is 0 Å². The molecular formula is C13H18N2O2. The minimum atomic E-state index is -0.647. The number of benzene rings is 1. The molecule has 0 aliphatic carbocycles. The Morgan fingerprint density at radius 1 is 1.53 bits per heavy atom. The fourth-order valence-electron chi connectivity index (χ4n) is 2.24. The summed E-state index contributed by atoms with van der Waals surface area (Å²) in [5.41, 5.74) is 8.56. The molecule has 3 N–H and O–H groups in total. The number of nitrogens with two attached hydrogens (primary N) is 1. The van der Waals surface area contributed by atoms with E-state index < -0.39 is 6.10 Å². The quantitative estimate of drug-likeness (QED) is 0.801. The number of hydrogen-bond acceptors (Lipinski definition) is 3. The minimum Gasteiger partial charge on any atom is -0.387 e. The molecule has 2 rings (SSSR count). The Hall–Kier alpha value is -1.39. The summed E-state index contributed by atoms with van der Waals surface area (Å²) in [7, 11) is 0. The van der Waals surface area contributed by atoms with Gasteiger partial charge in [0.2, 0.25) is 5.91 Å². The number of carbonyl (C=O) groups excluding carboxylic acids is 1. The van der Waals surface area contributed by atoms with Gasteiger partial charge in [0.1, 0.15) is 0 Å². The lowest BCUT2D eigenvalue weighted by molar-refractivity contribution is -0.116. The van der Waals surface area contributed by atoms with Crippen LogP contribution < -0.4 is 10.6 Å². The van der Waals surface area contributed by atoms with Gasteiger partial charge in [-0.15, -0.1) is 0 Å². The number of nitrogens with zero attached hydrogens (tertiary/aromatic N) is 1. The van der Waals surface area contributed by atoms with Crippen LogP contribution in [0.4, 0.5) is 5.69 Å². The topological polar surface area (TPSA) is 66.6 Å². The highest BCUT2D eigenvalue weighted by Crippen LogP contribution is 2.31. The molecule has 4 heteroatoms. The second-order valence-electron chi connectivity index (χ2n) is 4.61. The van der Waals surface area contributed by atoms with Crippen LogP contribution in [0.2, 0.25) is 0 Å². The molecule has 2 atom stereocenters. The molecule has 0 saturated heterocycles. The van der Waals surface area contributed by atoms with Gasteiger partial charge in [-0.05, 0) is 30.5 Å². The van der Waals surface area contributed by atoms with E-state index in [-0.39, 0.29) is 11.9 Å². The molecule has 0 bridgehead atoms. The van der Waals surface area contributed by atoms with E-state index in [4.69, 9.17) is 5.73 Å². The lowest BCUT2D eigenvalue weighted by Crippen LogP contribution is -2.26. The van der Waals surface area contributed by atoms with Crippen molar-refractivity contribution < 1.29 is 9.90 Å². The normalized spacial score (nSPS) is 17.8. The monoisotopic (exact) mass is 234 g/mol. The number of amides is 1. The Morgan fingerprint density at radius 2 is 2.24 bits per heavy atom. The van der Waals surface area contributed by atoms with E-state index in [9.17, 15) is 9.90 Å². The van der Waals surface area contributed by atoms with Crippen molar-refractivity contribution in [3.63, 3.8) is 0 Å². The van der Waals surface area contributed by atoms with Crippen LogP contribution in [0.15, 0.2) is 18.2 Å². The van der Waals surface area contributed by atoms with Gasteiger partial charge in [0.05, 0.1) is 6.10 Å². The molecule has 1 aliphatic heterocycles. The number of carbonyl (C=O) groups is 1. The average Bonchev–Trinajstić information content (AvgIpc) is 2.70. The van der Waals surface area contributed by atoms with Crippen molar-refractivity contribution in [3.05, 3.63) is 29.3 Å². The highest BCUT2D eigenvalue weighted by atomic mass is 16.3. The Bertz CT molecular complexity index is 443. The van der Waals surface area contributed by atoms with E-state index in [2.05, 4.69) is 0 Å². The fourth-order valence-corrected chi connectivity index (χ4v) is 2.24. The summed E-state index contributed by atoms with van der Waals surface area (Å²) in [5, 5.41) is 9.90. The first-order chi connectivity index (χ1) is 8.00. The zero-order chi connectivity index (χ0) is 12.6. The predicted molar refractivity (Wildman–Crippen MR) is 66.8 cm³/mol. The van der Waals surface area contributed by atoms with Gasteiger partial charge in [-0.25, -0.2) is 0 Å². The molecule has 0 radical (unpaired) electrons. The van der Waals surface area contributed by atoms with E-state index in [1.54, 1.807) is 18.7 Å². The third kappa shape index (κ3) is 2.18. The molecule has 0 saturated carbocycles. The first-order valence-electron chi connectivity index (χ1n) is 5.85. The first-order valence-corrected chi connectivity index (χ1v) is 5.85. The second-order valence-corrected chi connectivity index (χ2v) is 4.61. The van der Waals surface area contributed by atoms with Gasteiger partial charge >= 0.3 is 0 Å². The number of anilines is 1. The van der Waals surface area contributed by atoms with Crippen molar-refractivity contribution in [3.8, 4) is 0 Å². The molecule has 1 aromatic rings. The van der Waals surface area contributed by atoms with Crippen LogP contribution >= 0.6 is 0 Å². The molecule has 92 valence electrons. The van der Waals surface area contributed by atoms with Gasteiger partial charge in [0.15, 0.2) is 0 Å². The van der Waals surface area contributed by atoms with Gasteiger partial charge in [0, 0.05) is 25.2 Å². The summed E-state index contributed by atoms with van der Waals surface area (Å²) in [5.74, 6) is 0.0595. The number of hydrogen-bond donors (Lipinski definition) is 2. The van der Waals surface area contributed by atoms with E-state index in [0.717, 1.165) is 29.8 Å². The number of fused-ring (bicyclic) bond motifs is 1. The van der Waals surface area contributed by atoms with Crippen LogP contribution in [0.1, 0.15) is 31.1 Å². The highest BCUT2D eigenvalue weighted by molar-refractivity contribution is 5.93. The SMILES string of the molecule is CC(=O)N1CCc2cc(C(O)C(C)N)ccc21. The number of aliphatic hydroxyl groups excluding tert-OH is 1. The van der Waals surface area contributed by atoms with Crippen molar-refractivity contribution >= 4 is 11.6 Å². The second kappa shape index (κ2) is 4.47. The lowest BCUT2D eigenvalue weighted by atomic mass is 10.0. The van der Waals surface area contributed by atoms with Gasteiger partial charge in [-0.3, -0.25) is 4.79 Å². The molecule has 0 aromatic heterocycles. The fraction of sp³-hybridized carbons (Fsp3) is 0.462. The van der Waals surface area contributed by atoms with E-state index >= 15 is 0 Å². The van der Waals surface area contributed by atoms with Crippen molar-refractivity contribution in [1.29, 1.82) is 0 Å². The molecule has 4 nitrogen and oxygen atoms in total. The van der Waals surface area contributed by atoms with Crippen LogP contribution in [0, 0.1) is 0 Å². The lowest BCUT2D eigenvalue weighted by Gasteiger charge is -2.18. The maximum absolute atomic E-state index is 11.4. The average molecular weight is 234 g/mol. The van der Waals surface area contributed by atoms with E-state index in [0.29, 0.717) is 0 Å². The molecule has 0 fully saturated rings. The maximum atomic E-state index is 11.4. The van der Waals surface area contributed by atoms with Crippen LogP contribution in [0.25, 0.3) is 0 Å². The summed E-state index contributed by atoms with van der Waals surface area (Å²) in [4.78, 5) is 13.2. The van der Waals surface area contributed by atoms with Crippen LogP contribution in [-0.2, 0) is 11.2 Å². The smallest absolute Gasteiger partial charge is 0.223 e. The molecule has 1 aromatic carbocycles. The molecule has 17 heavy (non-hydrogen) atoms. The molecule has 1 heterocycles. The van der Waals surface area contributed by atoms with Crippen LogP contribution in [0.5, 0.6) is 0 Å². The summed E-state index contributed by atoms with van der Waals surface area (Å²) in [6.45, 7) is 4.07. The van der Waals surface area contributed by atoms with Gasteiger partial charge in [0.25, 0.3) is 0 Å². The number of aliphatic hydroxyl groups is 1. The molecular weight excluding hydrogens is 216 g/mol. The van der Waals surface area contributed by atoms with Crippen molar-refractivity contribution in [2.45, 2.75) is 32.4 Å². The highest BCUT2D eigenvalue weighted by Gasteiger charge is 2.23. The molecule has 1 amide bonds. The molecule has 2 unspecified atom stereocenters.